The molecule has 1 aromatic carbocycles. The van der Waals surface area contributed by atoms with Crippen molar-refractivity contribution in [3.63, 3.8) is 0 Å². The summed E-state index contributed by atoms with van der Waals surface area (Å²) in [5.74, 6) is -1.80. The number of rotatable bonds is 12. The SMILES string of the molecule is CCC[CH2][Sn]([CH2]CCC)([CH2]CCC)[c]1ccccn1.C[C@H]1CNCCN1c1nc2c(F)c(Cl)c(F)c(-c3nccs3)c2o1. The number of halogens is 3. The van der Waals surface area contributed by atoms with Gasteiger partial charge in [0, 0.05) is 37.3 Å². The second-order valence-electron chi connectivity index (χ2n) is 11.4. The Balaban J connectivity index is 0.000000204. The van der Waals surface area contributed by atoms with Gasteiger partial charge in [-0.25, -0.2) is 13.8 Å². The quantitative estimate of drug-likeness (QED) is 0.116. The van der Waals surface area contributed by atoms with Crippen molar-refractivity contribution >= 4 is 62.1 Å². The molecular weight excluding hydrogens is 695 g/mol. The molecule has 4 heterocycles. The third-order valence-electron chi connectivity index (χ3n) is 8.28. The van der Waals surface area contributed by atoms with Crippen LogP contribution in [0.2, 0.25) is 18.3 Å². The first kappa shape index (κ1) is 34.1. The van der Waals surface area contributed by atoms with Crippen LogP contribution in [0.25, 0.3) is 21.7 Å². The average molecular weight is 739 g/mol. The van der Waals surface area contributed by atoms with Gasteiger partial charge in [-0.2, -0.15) is 4.98 Å². The van der Waals surface area contributed by atoms with Crippen LogP contribution in [0.15, 0.2) is 40.4 Å². The average Bonchev–Trinajstić information content (AvgIpc) is 3.72. The summed E-state index contributed by atoms with van der Waals surface area (Å²) in [6, 6.07) is 7.00. The Morgan fingerprint density at radius 2 is 1.72 bits per heavy atom. The van der Waals surface area contributed by atoms with Crippen molar-refractivity contribution in [3.05, 3.63) is 52.6 Å². The van der Waals surface area contributed by atoms with Gasteiger partial charge in [0.25, 0.3) is 6.01 Å². The van der Waals surface area contributed by atoms with Crippen molar-refractivity contribution in [2.45, 2.75) is 85.6 Å². The number of thiazole rings is 1. The van der Waals surface area contributed by atoms with E-state index in [4.69, 9.17) is 21.0 Å². The number of aromatic nitrogens is 3. The molecule has 4 aromatic rings. The van der Waals surface area contributed by atoms with E-state index in [1.807, 2.05) is 18.0 Å². The minimum atomic E-state index is -2.21. The molecule has 5 rings (SSSR count). The molecule has 0 radical (unpaired) electrons. The van der Waals surface area contributed by atoms with Crippen LogP contribution in [0.5, 0.6) is 0 Å². The van der Waals surface area contributed by atoms with Gasteiger partial charge in [0.2, 0.25) is 0 Å². The molecule has 0 amide bonds. The van der Waals surface area contributed by atoms with E-state index in [0.29, 0.717) is 11.6 Å². The molecule has 0 spiro atoms. The van der Waals surface area contributed by atoms with Crippen molar-refractivity contribution in [1.82, 2.24) is 20.3 Å². The topological polar surface area (TPSA) is 67.1 Å². The van der Waals surface area contributed by atoms with Crippen LogP contribution in [0.1, 0.15) is 66.2 Å². The Bertz CT molecular complexity index is 1400. The first-order valence-corrected chi connectivity index (χ1v) is 24.4. The van der Waals surface area contributed by atoms with Crippen molar-refractivity contribution in [2.24, 2.45) is 0 Å². The van der Waals surface area contributed by atoms with Crippen LogP contribution in [0.3, 0.4) is 0 Å². The zero-order chi connectivity index (χ0) is 30.8. The number of benzene rings is 1. The van der Waals surface area contributed by atoms with Gasteiger partial charge in [-0.15, -0.1) is 11.3 Å². The molecule has 0 saturated carbocycles. The van der Waals surface area contributed by atoms with E-state index >= 15 is 0 Å². The summed E-state index contributed by atoms with van der Waals surface area (Å²) in [6.45, 7) is 11.2. The van der Waals surface area contributed by atoms with Crippen LogP contribution in [0, 0.1) is 11.6 Å². The molecule has 1 saturated heterocycles. The van der Waals surface area contributed by atoms with Gasteiger partial charge >= 0.3 is 124 Å². The van der Waals surface area contributed by atoms with Gasteiger partial charge < -0.3 is 14.6 Å². The Hall–Kier alpha value is -1.82. The molecule has 1 atom stereocenters. The Morgan fingerprint density at radius 1 is 1.02 bits per heavy atom. The van der Waals surface area contributed by atoms with E-state index in [2.05, 4.69) is 54.3 Å². The van der Waals surface area contributed by atoms with Crippen LogP contribution >= 0.6 is 22.9 Å². The second kappa shape index (κ2) is 16.5. The van der Waals surface area contributed by atoms with Gasteiger partial charge in [-0.3, -0.25) is 0 Å². The van der Waals surface area contributed by atoms with E-state index in [0.717, 1.165) is 13.1 Å². The molecule has 43 heavy (non-hydrogen) atoms. The molecule has 0 unspecified atom stereocenters. The number of pyridine rings is 1. The fraction of sp³-hybridized carbons (Fsp3) is 0.531. The summed E-state index contributed by atoms with van der Waals surface area (Å²) >= 11 is 4.84. The molecule has 234 valence electrons. The summed E-state index contributed by atoms with van der Waals surface area (Å²) in [6.07, 6.45) is 11.8. The van der Waals surface area contributed by atoms with Gasteiger partial charge in [-0.05, 0) is 6.92 Å². The van der Waals surface area contributed by atoms with Crippen molar-refractivity contribution in [3.8, 4) is 10.6 Å². The fourth-order valence-corrected chi connectivity index (χ4v) is 22.1. The monoisotopic (exact) mass is 739 g/mol. The van der Waals surface area contributed by atoms with Gasteiger partial charge in [0.15, 0.2) is 17.2 Å². The Kier molecular flexibility index (Phi) is 13.1. The molecule has 1 aliphatic heterocycles. The van der Waals surface area contributed by atoms with Crippen LogP contribution < -0.4 is 13.9 Å². The Labute approximate surface area is 267 Å². The predicted molar refractivity (Wildman–Crippen MR) is 178 cm³/mol. The summed E-state index contributed by atoms with van der Waals surface area (Å²) < 4.78 is 40.8. The van der Waals surface area contributed by atoms with E-state index in [1.54, 1.807) is 9.09 Å². The first-order chi connectivity index (χ1) is 20.9. The number of oxazole rings is 1. The molecular formula is C32H44ClF2N5OSSn. The molecule has 0 bridgehead atoms. The number of nitrogens with zero attached hydrogens (tertiary/aromatic N) is 4. The van der Waals surface area contributed by atoms with Gasteiger partial charge in [-0.1, -0.05) is 11.6 Å². The molecule has 1 aliphatic rings. The largest absolute Gasteiger partial charge is 0.422 e. The Morgan fingerprint density at radius 3 is 2.28 bits per heavy atom. The van der Waals surface area contributed by atoms with Crippen LogP contribution in [-0.2, 0) is 0 Å². The third-order valence-corrected chi connectivity index (χ3v) is 24.6. The smallest absolute Gasteiger partial charge is 0.298 e. The van der Waals surface area contributed by atoms with Gasteiger partial charge in [0.1, 0.15) is 15.5 Å². The number of nitrogens with one attached hydrogen (secondary N) is 1. The molecule has 11 heteroatoms. The maximum atomic E-state index is 14.6. The van der Waals surface area contributed by atoms with E-state index < -0.39 is 35.0 Å². The number of piperazine rings is 1. The number of fused-ring (bicyclic) bond motifs is 1. The van der Waals surface area contributed by atoms with E-state index in [-0.39, 0.29) is 28.7 Å². The zero-order valence-electron chi connectivity index (χ0n) is 25.8. The first-order valence-electron chi connectivity index (χ1n) is 15.6. The molecule has 3 aromatic heterocycles. The second-order valence-corrected chi connectivity index (χ2v) is 25.7. The normalized spacial score (nSPS) is 15.5. The van der Waals surface area contributed by atoms with Crippen LogP contribution in [0.4, 0.5) is 14.8 Å². The summed E-state index contributed by atoms with van der Waals surface area (Å²) in [5, 5.41) is 4.73. The minimum Gasteiger partial charge on any atom is -0.422 e. The minimum absolute atomic E-state index is 0.0325. The van der Waals surface area contributed by atoms with Crippen molar-refractivity contribution < 1.29 is 13.2 Å². The number of anilines is 1. The molecule has 1 N–H and O–H groups in total. The number of hydrogen-bond donors (Lipinski definition) is 1. The molecule has 1 fully saturated rings. The maximum Gasteiger partial charge on any atom is 0.298 e. The summed E-state index contributed by atoms with van der Waals surface area (Å²) in [4.78, 5) is 15.1. The zero-order valence-corrected chi connectivity index (χ0v) is 30.2. The fourth-order valence-electron chi connectivity index (χ4n) is 5.80. The van der Waals surface area contributed by atoms with E-state index in [1.165, 1.54) is 69.4 Å². The summed E-state index contributed by atoms with van der Waals surface area (Å²) in [7, 11) is 0. The standard InChI is InChI=1S/C15H13ClF2N4OS.C5H4N.3C4H9.Sn/c1-7-6-19-2-4-22(7)15-21-12-11(18)9(16)10(17)8(13(12)23-15)14-20-3-5-24-14;1-2-4-6-5-3-1;3*1-3-4-2;/h3,5,7,19H,2,4,6H2,1H3;1-4H;3*1,3-4H2,2H3;/t7-;;;;;/m0...../s1. The third kappa shape index (κ3) is 8.07. The van der Waals surface area contributed by atoms with Gasteiger partial charge in [0.05, 0.1) is 5.56 Å². The molecule has 0 aliphatic carbocycles. The predicted octanol–water partition coefficient (Wildman–Crippen LogP) is 8.82. The summed E-state index contributed by atoms with van der Waals surface area (Å²) in [5.41, 5.74) is 0.00496. The molecule has 6 nitrogen and oxygen atoms in total. The van der Waals surface area contributed by atoms with Crippen molar-refractivity contribution in [2.75, 3.05) is 24.5 Å². The number of hydrogen-bond acceptors (Lipinski definition) is 7. The van der Waals surface area contributed by atoms with Crippen LogP contribution in [-0.4, -0.2) is 59.0 Å². The maximum absolute atomic E-state index is 14.6. The van der Waals surface area contributed by atoms with E-state index in [9.17, 15) is 8.78 Å². The number of unbranched alkanes of at least 4 members (excludes halogenated alkanes) is 3. The van der Waals surface area contributed by atoms with Crippen molar-refractivity contribution in [1.29, 1.82) is 0 Å².